The predicted octanol–water partition coefficient (Wildman–Crippen LogP) is 2.72. The third kappa shape index (κ3) is 3.81. The summed E-state index contributed by atoms with van der Waals surface area (Å²) in [5.41, 5.74) is 0.711. The van der Waals surface area contributed by atoms with Gasteiger partial charge in [0, 0.05) is 11.6 Å². The molecule has 15 heavy (non-hydrogen) atoms. The van der Waals surface area contributed by atoms with Gasteiger partial charge in [0.2, 0.25) is 6.20 Å². The molecule has 0 N–H and O–H groups in total. The third-order valence-corrected chi connectivity index (χ3v) is 1.66. The maximum absolute atomic E-state index is 10.2. The number of rotatable bonds is 4. The van der Waals surface area contributed by atoms with E-state index in [-0.39, 0.29) is 6.10 Å². The van der Waals surface area contributed by atoms with E-state index in [0.29, 0.717) is 11.3 Å². The number of para-hydroxylation sites is 1. The van der Waals surface area contributed by atoms with Crippen LogP contribution < -0.4 is 4.74 Å². The van der Waals surface area contributed by atoms with Crippen LogP contribution in [0.5, 0.6) is 5.75 Å². The highest BCUT2D eigenvalue weighted by Gasteiger charge is 2.02. The molecule has 0 atom stereocenters. The van der Waals surface area contributed by atoms with Crippen LogP contribution in [0.1, 0.15) is 19.4 Å². The third-order valence-electron chi connectivity index (χ3n) is 1.66. The van der Waals surface area contributed by atoms with Gasteiger partial charge in [0.15, 0.2) is 0 Å². The van der Waals surface area contributed by atoms with Crippen LogP contribution in [0.15, 0.2) is 30.5 Å². The van der Waals surface area contributed by atoms with E-state index in [1.807, 2.05) is 26.0 Å². The van der Waals surface area contributed by atoms with Crippen molar-refractivity contribution in [1.82, 2.24) is 0 Å². The first-order chi connectivity index (χ1) is 7.09. The molecule has 0 heterocycles. The summed E-state index contributed by atoms with van der Waals surface area (Å²) in [4.78, 5) is 9.69. The van der Waals surface area contributed by atoms with Gasteiger partial charge in [-0.2, -0.15) is 0 Å². The summed E-state index contributed by atoms with van der Waals surface area (Å²) in [5, 5.41) is 10.2. The van der Waals surface area contributed by atoms with E-state index >= 15 is 0 Å². The second-order valence-corrected chi connectivity index (χ2v) is 3.31. The van der Waals surface area contributed by atoms with Crippen molar-refractivity contribution >= 4 is 6.08 Å². The van der Waals surface area contributed by atoms with Gasteiger partial charge in [-0.25, -0.2) is 0 Å². The van der Waals surface area contributed by atoms with E-state index in [1.54, 1.807) is 12.1 Å². The quantitative estimate of drug-likeness (QED) is 0.563. The van der Waals surface area contributed by atoms with E-state index in [4.69, 9.17) is 4.74 Å². The summed E-state index contributed by atoms with van der Waals surface area (Å²) in [6, 6.07) is 7.21. The minimum atomic E-state index is -0.494. The first-order valence-electron chi connectivity index (χ1n) is 4.67. The Hall–Kier alpha value is -1.84. The monoisotopic (exact) mass is 207 g/mol. The highest BCUT2D eigenvalue weighted by atomic mass is 16.6. The molecule has 0 bridgehead atoms. The molecule has 0 radical (unpaired) electrons. The van der Waals surface area contributed by atoms with E-state index in [0.717, 1.165) is 6.20 Å². The van der Waals surface area contributed by atoms with Gasteiger partial charge in [-0.1, -0.05) is 18.2 Å². The Morgan fingerprint density at radius 3 is 2.67 bits per heavy atom. The van der Waals surface area contributed by atoms with Crippen LogP contribution in [0.3, 0.4) is 0 Å². The minimum absolute atomic E-state index is 0.0511. The van der Waals surface area contributed by atoms with Gasteiger partial charge in [0.25, 0.3) is 0 Å². The summed E-state index contributed by atoms with van der Waals surface area (Å²) in [5.74, 6) is 0.658. The summed E-state index contributed by atoms with van der Waals surface area (Å²) in [7, 11) is 0. The highest BCUT2D eigenvalue weighted by Crippen LogP contribution is 2.20. The molecule has 4 heteroatoms. The van der Waals surface area contributed by atoms with Crippen molar-refractivity contribution in [3.8, 4) is 5.75 Å². The zero-order valence-corrected chi connectivity index (χ0v) is 8.71. The second-order valence-electron chi connectivity index (χ2n) is 3.31. The number of ether oxygens (including phenoxy) is 1. The van der Waals surface area contributed by atoms with Crippen molar-refractivity contribution in [3.63, 3.8) is 0 Å². The number of benzene rings is 1. The zero-order chi connectivity index (χ0) is 11.3. The van der Waals surface area contributed by atoms with Crippen molar-refractivity contribution in [2.75, 3.05) is 0 Å². The molecule has 0 aromatic heterocycles. The lowest BCUT2D eigenvalue weighted by atomic mass is 10.2. The Labute approximate surface area is 88.3 Å². The molecular weight excluding hydrogens is 194 g/mol. The molecule has 0 saturated carbocycles. The molecule has 1 aromatic rings. The van der Waals surface area contributed by atoms with Crippen molar-refractivity contribution in [2.45, 2.75) is 20.0 Å². The molecule has 0 fully saturated rings. The number of nitro groups is 1. The average molecular weight is 207 g/mol. The van der Waals surface area contributed by atoms with Gasteiger partial charge in [0.1, 0.15) is 5.75 Å². The minimum Gasteiger partial charge on any atom is -0.490 e. The van der Waals surface area contributed by atoms with Gasteiger partial charge in [-0.3, -0.25) is 10.1 Å². The molecule has 0 spiro atoms. The van der Waals surface area contributed by atoms with E-state index in [2.05, 4.69) is 0 Å². The van der Waals surface area contributed by atoms with Gasteiger partial charge >= 0.3 is 0 Å². The maximum atomic E-state index is 10.2. The van der Waals surface area contributed by atoms with Crippen LogP contribution in [0.4, 0.5) is 0 Å². The molecule has 0 amide bonds. The molecule has 1 rings (SSSR count). The smallest absolute Gasteiger partial charge is 0.235 e. The maximum Gasteiger partial charge on any atom is 0.235 e. The van der Waals surface area contributed by atoms with E-state index < -0.39 is 4.92 Å². The molecular formula is C11H13NO3. The van der Waals surface area contributed by atoms with Crippen molar-refractivity contribution in [2.24, 2.45) is 0 Å². The van der Waals surface area contributed by atoms with Crippen LogP contribution in [-0.4, -0.2) is 11.0 Å². The SMILES string of the molecule is CC(C)Oc1ccccc1C=C[N+](=O)[O-]. The van der Waals surface area contributed by atoms with Crippen LogP contribution >= 0.6 is 0 Å². The topological polar surface area (TPSA) is 52.4 Å². The summed E-state index contributed by atoms with van der Waals surface area (Å²) < 4.78 is 5.50. The first-order valence-corrected chi connectivity index (χ1v) is 4.67. The van der Waals surface area contributed by atoms with Crippen LogP contribution in [0, 0.1) is 10.1 Å². The van der Waals surface area contributed by atoms with Gasteiger partial charge < -0.3 is 4.74 Å². The Morgan fingerprint density at radius 2 is 2.07 bits per heavy atom. The van der Waals surface area contributed by atoms with Gasteiger partial charge in [-0.05, 0) is 19.9 Å². The number of hydrogen-bond acceptors (Lipinski definition) is 3. The highest BCUT2D eigenvalue weighted by molar-refractivity contribution is 5.56. The molecule has 1 aromatic carbocycles. The van der Waals surface area contributed by atoms with Crippen LogP contribution in [-0.2, 0) is 0 Å². The lowest BCUT2D eigenvalue weighted by Gasteiger charge is -2.11. The van der Waals surface area contributed by atoms with Crippen LogP contribution in [0.25, 0.3) is 6.08 Å². The number of nitrogens with zero attached hydrogens (tertiary/aromatic N) is 1. The normalized spacial score (nSPS) is 10.9. The molecule has 80 valence electrons. The Bertz CT molecular complexity index is 372. The number of hydrogen-bond donors (Lipinski definition) is 0. The molecule has 0 aliphatic rings. The Kier molecular flexibility index (Phi) is 3.85. The first kappa shape index (κ1) is 11.2. The lowest BCUT2D eigenvalue weighted by molar-refractivity contribution is -0.400. The summed E-state index contributed by atoms with van der Waals surface area (Å²) >= 11 is 0. The summed E-state index contributed by atoms with van der Waals surface area (Å²) in [6.07, 6.45) is 2.38. The molecule has 0 unspecified atom stereocenters. The Balaban J connectivity index is 2.91. The van der Waals surface area contributed by atoms with E-state index in [1.165, 1.54) is 6.08 Å². The fourth-order valence-electron chi connectivity index (χ4n) is 1.12. The lowest BCUT2D eigenvalue weighted by Crippen LogP contribution is -2.06. The largest absolute Gasteiger partial charge is 0.490 e. The zero-order valence-electron chi connectivity index (χ0n) is 8.71. The molecule has 0 aliphatic heterocycles. The molecule has 4 nitrogen and oxygen atoms in total. The average Bonchev–Trinajstić information content (AvgIpc) is 2.15. The van der Waals surface area contributed by atoms with Gasteiger partial charge in [0.05, 0.1) is 11.0 Å². The molecule has 0 saturated heterocycles. The summed E-state index contributed by atoms with van der Waals surface area (Å²) in [6.45, 7) is 3.82. The van der Waals surface area contributed by atoms with Crippen molar-refractivity contribution < 1.29 is 9.66 Å². The second kappa shape index (κ2) is 5.14. The van der Waals surface area contributed by atoms with Gasteiger partial charge in [-0.15, -0.1) is 0 Å². The fraction of sp³-hybridized carbons (Fsp3) is 0.273. The van der Waals surface area contributed by atoms with Crippen LogP contribution in [0.2, 0.25) is 0 Å². The fourth-order valence-corrected chi connectivity index (χ4v) is 1.12. The Morgan fingerprint density at radius 1 is 1.40 bits per heavy atom. The van der Waals surface area contributed by atoms with Crippen molar-refractivity contribution in [1.29, 1.82) is 0 Å². The predicted molar refractivity (Wildman–Crippen MR) is 58.2 cm³/mol. The van der Waals surface area contributed by atoms with Crippen molar-refractivity contribution in [3.05, 3.63) is 46.1 Å². The standard InChI is InChI=1S/C11H13NO3/c1-9(2)15-11-6-4-3-5-10(11)7-8-12(13)14/h3-9H,1-2H3. The molecule has 0 aliphatic carbocycles. The van der Waals surface area contributed by atoms with E-state index in [9.17, 15) is 10.1 Å².